The Labute approximate surface area is 162 Å². The molecule has 150 valence electrons. The number of anilines is 1. The maximum Gasteiger partial charge on any atom is 0.416 e. The lowest BCUT2D eigenvalue weighted by Crippen LogP contribution is -2.28. The van der Waals surface area contributed by atoms with Gasteiger partial charge in [0.15, 0.2) is 0 Å². The summed E-state index contributed by atoms with van der Waals surface area (Å²) < 4.78 is 39.5. The topological polar surface area (TPSA) is 110 Å². The molecule has 3 rings (SSSR count). The molecule has 0 unspecified atom stereocenters. The van der Waals surface area contributed by atoms with E-state index in [1.807, 2.05) is 0 Å². The van der Waals surface area contributed by atoms with E-state index >= 15 is 0 Å². The molecule has 0 saturated carbocycles. The molecule has 0 bridgehead atoms. The molecule has 0 saturated heterocycles. The van der Waals surface area contributed by atoms with Crippen LogP contribution in [0.2, 0.25) is 0 Å². The SMILES string of the molecule is Nc1cc(CNC(=O)c2ccc(=O)n(-c3ccccc3O)n2)cc(C(F)(F)F)c1. The van der Waals surface area contributed by atoms with E-state index in [1.165, 1.54) is 24.3 Å². The smallest absolute Gasteiger partial charge is 0.416 e. The van der Waals surface area contributed by atoms with Crippen molar-refractivity contribution in [3.63, 3.8) is 0 Å². The first-order valence-corrected chi connectivity index (χ1v) is 8.29. The number of carbonyl (C=O) groups is 1. The van der Waals surface area contributed by atoms with Crippen molar-refractivity contribution in [3.05, 3.63) is 81.8 Å². The number of nitrogens with one attached hydrogen (secondary N) is 1. The highest BCUT2D eigenvalue weighted by molar-refractivity contribution is 5.92. The third-order valence-electron chi connectivity index (χ3n) is 3.94. The third-order valence-corrected chi connectivity index (χ3v) is 3.94. The fourth-order valence-corrected chi connectivity index (χ4v) is 2.61. The van der Waals surface area contributed by atoms with Crippen LogP contribution in [0.4, 0.5) is 18.9 Å². The minimum atomic E-state index is -4.57. The van der Waals surface area contributed by atoms with Crippen LogP contribution in [0.5, 0.6) is 5.75 Å². The van der Waals surface area contributed by atoms with E-state index in [2.05, 4.69) is 10.4 Å². The summed E-state index contributed by atoms with van der Waals surface area (Å²) in [5, 5.41) is 16.2. The van der Waals surface area contributed by atoms with Crippen LogP contribution in [0, 0.1) is 0 Å². The molecule has 0 radical (unpaired) electrons. The van der Waals surface area contributed by atoms with Gasteiger partial charge in [0.2, 0.25) is 0 Å². The van der Waals surface area contributed by atoms with Gasteiger partial charge in [-0.05, 0) is 42.0 Å². The lowest BCUT2D eigenvalue weighted by atomic mass is 10.1. The minimum Gasteiger partial charge on any atom is -0.506 e. The van der Waals surface area contributed by atoms with Gasteiger partial charge < -0.3 is 16.2 Å². The number of hydrogen-bond acceptors (Lipinski definition) is 5. The zero-order valence-corrected chi connectivity index (χ0v) is 14.8. The number of carbonyl (C=O) groups excluding carboxylic acids is 1. The zero-order chi connectivity index (χ0) is 21.2. The Morgan fingerprint density at radius 1 is 1.14 bits per heavy atom. The van der Waals surface area contributed by atoms with Crippen molar-refractivity contribution < 1.29 is 23.1 Å². The number of aromatic hydroxyl groups is 1. The summed E-state index contributed by atoms with van der Waals surface area (Å²) in [6, 6.07) is 11.2. The van der Waals surface area contributed by atoms with Gasteiger partial charge >= 0.3 is 6.18 Å². The van der Waals surface area contributed by atoms with Gasteiger partial charge in [-0.15, -0.1) is 0 Å². The predicted octanol–water partition coefficient (Wildman–Crippen LogP) is 2.47. The number of aromatic nitrogens is 2. The summed E-state index contributed by atoms with van der Waals surface area (Å²) in [7, 11) is 0. The molecule has 10 heteroatoms. The van der Waals surface area contributed by atoms with E-state index in [1.54, 1.807) is 12.1 Å². The minimum absolute atomic E-state index is 0.0813. The molecule has 1 amide bonds. The van der Waals surface area contributed by atoms with Crippen LogP contribution in [0.25, 0.3) is 5.69 Å². The molecule has 0 spiro atoms. The lowest BCUT2D eigenvalue weighted by Gasteiger charge is -2.12. The first-order valence-electron chi connectivity index (χ1n) is 8.29. The highest BCUT2D eigenvalue weighted by atomic mass is 19.4. The van der Waals surface area contributed by atoms with Crippen molar-refractivity contribution in [2.75, 3.05) is 5.73 Å². The van der Waals surface area contributed by atoms with E-state index in [-0.39, 0.29) is 34.9 Å². The molecule has 1 heterocycles. The number of benzene rings is 2. The first-order chi connectivity index (χ1) is 13.6. The van der Waals surface area contributed by atoms with Crippen LogP contribution in [0.3, 0.4) is 0 Å². The van der Waals surface area contributed by atoms with Gasteiger partial charge in [-0.3, -0.25) is 9.59 Å². The maximum atomic E-state index is 12.9. The molecule has 3 aromatic rings. The van der Waals surface area contributed by atoms with Crippen molar-refractivity contribution in [1.82, 2.24) is 15.1 Å². The molecule has 1 aromatic heterocycles. The number of nitrogens with zero attached hydrogens (tertiary/aromatic N) is 2. The van der Waals surface area contributed by atoms with Crippen molar-refractivity contribution in [3.8, 4) is 11.4 Å². The summed E-state index contributed by atoms with van der Waals surface area (Å²) in [4.78, 5) is 24.4. The van der Waals surface area contributed by atoms with E-state index in [9.17, 15) is 27.9 Å². The fraction of sp³-hybridized carbons (Fsp3) is 0.105. The largest absolute Gasteiger partial charge is 0.506 e. The summed E-state index contributed by atoms with van der Waals surface area (Å²) in [5.74, 6) is -0.927. The van der Waals surface area contributed by atoms with Crippen molar-refractivity contribution >= 4 is 11.6 Å². The summed E-state index contributed by atoms with van der Waals surface area (Å²) in [5.41, 5.74) is 3.99. The number of hydrogen-bond donors (Lipinski definition) is 3. The molecule has 2 aromatic carbocycles. The number of nitrogen functional groups attached to an aromatic ring is 1. The third kappa shape index (κ3) is 4.54. The Bertz CT molecular complexity index is 1130. The second kappa shape index (κ2) is 7.66. The molecule has 0 fully saturated rings. The van der Waals surface area contributed by atoms with Crippen LogP contribution < -0.4 is 16.6 Å². The average Bonchev–Trinajstić information content (AvgIpc) is 2.66. The van der Waals surface area contributed by atoms with Crippen molar-refractivity contribution in [1.29, 1.82) is 0 Å². The second-order valence-electron chi connectivity index (χ2n) is 6.10. The molecule has 7 nitrogen and oxygen atoms in total. The molecule has 0 atom stereocenters. The molecule has 0 aliphatic rings. The van der Waals surface area contributed by atoms with Crippen LogP contribution >= 0.6 is 0 Å². The molecule has 4 N–H and O–H groups in total. The Morgan fingerprint density at radius 3 is 2.55 bits per heavy atom. The Morgan fingerprint density at radius 2 is 1.86 bits per heavy atom. The van der Waals surface area contributed by atoms with Gasteiger partial charge in [0.1, 0.15) is 17.1 Å². The highest BCUT2D eigenvalue weighted by Gasteiger charge is 2.31. The van der Waals surface area contributed by atoms with E-state index < -0.39 is 23.2 Å². The second-order valence-corrected chi connectivity index (χ2v) is 6.10. The molecule has 0 aliphatic heterocycles. The number of phenols is 1. The highest BCUT2D eigenvalue weighted by Crippen LogP contribution is 2.31. The van der Waals surface area contributed by atoms with Gasteiger partial charge in [-0.2, -0.15) is 23.0 Å². The summed E-state index contributed by atoms with van der Waals surface area (Å²) in [6.07, 6.45) is -4.57. The van der Waals surface area contributed by atoms with Crippen LogP contribution in [-0.4, -0.2) is 20.8 Å². The zero-order valence-electron chi connectivity index (χ0n) is 14.8. The number of rotatable bonds is 4. The normalized spacial score (nSPS) is 11.3. The monoisotopic (exact) mass is 404 g/mol. The van der Waals surface area contributed by atoms with Crippen molar-refractivity contribution in [2.45, 2.75) is 12.7 Å². The maximum absolute atomic E-state index is 12.9. The fourth-order valence-electron chi connectivity index (χ4n) is 2.61. The lowest BCUT2D eigenvalue weighted by molar-refractivity contribution is -0.137. The van der Waals surface area contributed by atoms with Crippen LogP contribution in [0.1, 0.15) is 21.6 Å². The number of halogens is 3. The molecular formula is C19H15F3N4O3. The Kier molecular flexibility index (Phi) is 5.26. The van der Waals surface area contributed by atoms with Crippen molar-refractivity contribution in [2.24, 2.45) is 0 Å². The Balaban J connectivity index is 1.82. The molecular weight excluding hydrogens is 389 g/mol. The Hall–Kier alpha value is -3.82. The quantitative estimate of drug-likeness (QED) is 0.579. The van der Waals surface area contributed by atoms with E-state index in [0.717, 1.165) is 22.9 Å². The number of para-hydroxylation sites is 2. The molecule has 0 aliphatic carbocycles. The average molecular weight is 404 g/mol. The number of phenolic OH excluding ortho intramolecular Hbond substituents is 1. The summed E-state index contributed by atoms with van der Waals surface area (Å²) in [6.45, 7) is -0.232. The van der Waals surface area contributed by atoms with E-state index in [0.29, 0.717) is 0 Å². The number of amides is 1. The predicted molar refractivity (Wildman–Crippen MR) is 98.5 cm³/mol. The number of nitrogens with two attached hydrogens (primary N) is 1. The van der Waals surface area contributed by atoms with Crippen LogP contribution in [-0.2, 0) is 12.7 Å². The van der Waals surface area contributed by atoms with Gasteiger partial charge in [-0.25, -0.2) is 0 Å². The molecule has 29 heavy (non-hydrogen) atoms. The standard InChI is InChI=1S/C19H15F3N4O3/c20-19(21,22)12-7-11(8-13(23)9-12)10-24-18(29)14-5-6-17(28)26(25-14)15-3-1-2-4-16(15)27/h1-9,27H,10,23H2,(H,24,29). The van der Waals surface area contributed by atoms with Gasteiger partial charge in [0.25, 0.3) is 11.5 Å². The van der Waals surface area contributed by atoms with Gasteiger partial charge in [0, 0.05) is 18.3 Å². The van der Waals surface area contributed by atoms with Gasteiger partial charge in [0.05, 0.1) is 5.56 Å². The van der Waals surface area contributed by atoms with Gasteiger partial charge in [-0.1, -0.05) is 12.1 Å². The van der Waals surface area contributed by atoms with Crippen LogP contribution in [0.15, 0.2) is 59.4 Å². The van der Waals surface area contributed by atoms with E-state index in [4.69, 9.17) is 5.73 Å². The first kappa shape index (κ1) is 19.9. The number of alkyl halides is 3. The summed E-state index contributed by atoms with van der Waals surface area (Å²) >= 11 is 0.